The van der Waals surface area contributed by atoms with E-state index in [4.69, 9.17) is 4.52 Å². The minimum absolute atomic E-state index is 0.143. The van der Waals surface area contributed by atoms with Crippen LogP contribution >= 0.6 is 0 Å². The van der Waals surface area contributed by atoms with E-state index < -0.39 is 5.82 Å². The molecule has 0 unspecified atom stereocenters. The van der Waals surface area contributed by atoms with E-state index in [1.807, 2.05) is 18.2 Å². The van der Waals surface area contributed by atoms with E-state index >= 15 is 0 Å². The Kier molecular flexibility index (Phi) is 2.90. The zero-order valence-corrected chi connectivity index (χ0v) is 11.5. The van der Waals surface area contributed by atoms with Crippen LogP contribution in [0, 0.1) is 5.82 Å². The third kappa shape index (κ3) is 2.14. The first-order valence-electron chi connectivity index (χ1n) is 6.86. The molecule has 0 saturated heterocycles. The zero-order chi connectivity index (χ0) is 15.1. The fourth-order valence-corrected chi connectivity index (χ4v) is 2.56. The maximum absolute atomic E-state index is 13.8. The van der Waals surface area contributed by atoms with E-state index in [0.29, 0.717) is 5.89 Å². The van der Waals surface area contributed by atoms with E-state index in [9.17, 15) is 9.50 Å². The van der Waals surface area contributed by atoms with Crippen molar-refractivity contribution in [3.05, 3.63) is 53.3 Å². The number of fused-ring (bicyclic) bond motifs is 1. The highest BCUT2D eigenvalue weighted by Crippen LogP contribution is 2.28. The monoisotopic (exact) mass is 297 g/mol. The van der Waals surface area contributed by atoms with Gasteiger partial charge >= 0.3 is 0 Å². The quantitative estimate of drug-likeness (QED) is 0.761. The summed E-state index contributed by atoms with van der Waals surface area (Å²) in [5, 5.41) is 16.3. The number of nitrogens with one attached hydrogen (secondary N) is 1. The van der Waals surface area contributed by atoms with Gasteiger partial charge in [-0.3, -0.25) is 0 Å². The first-order valence-corrected chi connectivity index (χ1v) is 6.86. The summed E-state index contributed by atoms with van der Waals surface area (Å²) in [6, 6.07) is 9.76. The van der Waals surface area contributed by atoms with Gasteiger partial charge in [-0.25, -0.2) is 4.39 Å². The number of aromatic hydroxyl groups is 1. The lowest BCUT2D eigenvalue weighted by Gasteiger charge is -1.99. The van der Waals surface area contributed by atoms with Crippen LogP contribution in [0.3, 0.4) is 0 Å². The lowest BCUT2D eigenvalue weighted by Crippen LogP contribution is -1.99. The second-order valence-electron chi connectivity index (χ2n) is 5.17. The van der Waals surface area contributed by atoms with Gasteiger partial charge in [0, 0.05) is 24.7 Å². The second-order valence-corrected chi connectivity index (χ2v) is 5.17. The number of rotatable bonds is 2. The summed E-state index contributed by atoms with van der Waals surface area (Å²) in [5.41, 5.74) is 3.46. The Labute approximate surface area is 125 Å². The summed E-state index contributed by atoms with van der Waals surface area (Å²) in [7, 11) is 0. The van der Waals surface area contributed by atoms with Crippen LogP contribution in [0.5, 0.6) is 5.75 Å². The van der Waals surface area contributed by atoms with Gasteiger partial charge < -0.3 is 14.9 Å². The van der Waals surface area contributed by atoms with Gasteiger partial charge in [0.15, 0.2) is 0 Å². The van der Waals surface area contributed by atoms with Gasteiger partial charge in [-0.2, -0.15) is 4.98 Å². The molecule has 6 heteroatoms. The topological polar surface area (TPSA) is 71.2 Å². The molecule has 22 heavy (non-hydrogen) atoms. The molecule has 1 aliphatic rings. The van der Waals surface area contributed by atoms with Gasteiger partial charge in [0.05, 0.1) is 5.56 Å². The van der Waals surface area contributed by atoms with E-state index in [-0.39, 0.29) is 17.1 Å². The largest absolute Gasteiger partial charge is 0.508 e. The highest BCUT2D eigenvalue weighted by Gasteiger charge is 2.17. The minimum Gasteiger partial charge on any atom is -0.508 e. The standard InChI is InChI=1S/C16H12FN3O2/c17-14-6-12(21)3-4-13(14)15-19-16(22-20-15)9-1-2-10-7-18-8-11(10)5-9/h1-6,18,21H,7-8H2. The summed E-state index contributed by atoms with van der Waals surface area (Å²) in [5.74, 6) is -0.232. The Bertz CT molecular complexity index is 860. The molecular formula is C16H12FN3O2. The fourth-order valence-electron chi connectivity index (χ4n) is 2.56. The van der Waals surface area contributed by atoms with Gasteiger partial charge in [0.2, 0.25) is 5.82 Å². The first kappa shape index (κ1) is 13.0. The molecule has 4 rings (SSSR count). The molecule has 0 atom stereocenters. The number of aromatic nitrogens is 2. The molecule has 0 spiro atoms. The number of hydrogen-bond donors (Lipinski definition) is 2. The van der Waals surface area contributed by atoms with Crippen molar-refractivity contribution in [2.45, 2.75) is 13.1 Å². The van der Waals surface area contributed by atoms with Crippen molar-refractivity contribution >= 4 is 0 Å². The summed E-state index contributed by atoms with van der Waals surface area (Å²) in [6.45, 7) is 1.68. The maximum atomic E-state index is 13.8. The Morgan fingerprint density at radius 2 is 1.95 bits per heavy atom. The lowest BCUT2D eigenvalue weighted by molar-refractivity contribution is 0.431. The SMILES string of the molecule is Oc1ccc(-c2noc(-c3ccc4c(c3)CNC4)n2)c(F)c1. The molecule has 0 aliphatic carbocycles. The van der Waals surface area contributed by atoms with Gasteiger partial charge in [0.1, 0.15) is 11.6 Å². The lowest BCUT2D eigenvalue weighted by atomic mass is 10.1. The number of phenols is 1. The predicted octanol–water partition coefficient (Wildman–Crippen LogP) is 2.85. The molecule has 0 amide bonds. The van der Waals surface area contributed by atoms with Crippen LogP contribution in [0.2, 0.25) is 0 Å². The number of nitrogens with zero attached hydrogens (tertiary/aromatic N) is 2. The molecule has 110 valence electrons. The van der Waals surface area contributed by atoms with Crippen molar-refractivity contribution in [3.8, 4) is 28.6 Å². The van der Waals surface area contributed by atoms with Crippen molar-refractivity contribution in [3.63, 3.8) is 0 Å². The fraction of sp³-hybridized carbons (Fsp3) is 0.125. The Balaban J connectivity index is 1.72. The number of hydrogen-bond acceptors (Lipinski definition) is 5. The number of phenolic OH excluding ortho intramolecular Hbond substituents is 1. The molecule has 5 nitrogen and oxygen atoms in total. The summed E-state index contributed by atoms with van der Waals surface area (Å²) >= 11 is 0. The molecule has 1 aliphatic heterocycles. The van der Waals surface area contributed by atoms with Gasteiger partial charge in [-0.15, -0.1) is 0 Å². The van der Waals surface area contributed by atoms with Crippen molar-refractivity contribution in [2.24, 2.45) is 0 Å². The molecule has 0 fully saturated rings. The average molecular weight is 297 g/mol. The van der Waals surface area contributed by atoms with E-state index in [2.05, 4.69) is 15.5 Å². The van der Waals surface area contributed by atoms with Gasteiger partial charge in [-0.1, -0.05) is 11.2 Å². The van der Waals surface area contributed by atoms with Crippen molar-refractivity contribution in [1.29, 1.82) is 0 Å². The van der Waals surface area contributed by atoms with Crippen LogP contribution in [0.1, 0.15) is 11.1 Å². The van der Waals surface area contributed by atoms with Crippen LogP contribution in [0.15, 0.2) is 40.9 Å². The zero-order valence-electron chi connectivity index (χ0n) is 11.5. The smallest absolute Gasteiger partial charge is 0.258 e. The van der Waals surface area contributed by atoms with Crippen LogP contribution in [-0.2, 0) is 13.1 Å². The van der Waals surface area contributed by atoms with Crippen molar-refractivity contribution in [1.82, 2.24) is 15.5 Å². The average Bonchev–Trinajstić information content (AvgIpc) is 3.15. The molecule has 0 bridgehead atoms. The Morgan fingerprint density at radius 3 is 2.82 bits per heavy atom. The molecule has 2 heterocycles. The third-order valence-electron chi connectivity index (χ3n) is 3.70. The number of benzene rings is 2. The summed E-state index contributed by atoms with van der Waals surface area (Å²) in [6.07, 6.45) is 0. The molecule has 1 aromatic heterocycles. The molecular weight excluding hydrogens is 285 g/mol. The molecule has 0 saturated carbocycles. The van der Waals surface area contributed by atoms with Crippen LogP contribution < -0.4 is 5.32 Å². The first-order chi connectivity index (χ1) is 10.7. The summed E-state index contributed by atoms with van der Waals surface area (Å²) < 4.78 is 19.1. The van der Waals surface area contributed by atoms with Crippen molar-refractivity contribution in [2.75, 3.05) is 0 Å². The van der Waals surface area contributed by atoms with E-state index in [0.717, 1.165) is 24.7 Å². The third-order valence-corrected chi connectivity index (χ3v) is 3.70. The van der Waals surface area contributed by atoms with Gasteiger partial charge in [0.25, 0.3) is 5.89 Å². The maximum Gasteiger partial charge on any atom is 0.258 e. The molecule has 0 radical (unpaired) electrons. The second kappa shape index (κ2) is 4.92. The molecule has 2 N–H and O–H groups in total. The highest BCUT2D eigenvalue weighted by molar-refractivity contribution is 5.62. The van der Waals surface area contributed by atoms with Crippen LogP contribution in [0.4, 0.5) is 4.39 Å². The minimum atomic E-state index is -0.592. The van der Waals surface area contributed by atoms with E-state index in [1.54, 1.807) is 0 Å². The van der Waals surface area contributed by atoms with Crippen LogP contribution in [0.25, 0.3) is 22.8 Å². The number of halogens is 1. The normalized spacial score (nSPS) is 13.3. The van der Waals surface area contributed by atoms with Gasteiger partial charge in [-0.05, 0) is 35.4 Å². The Hall–Kier alpha value is -2.73. The predicted molar refractivity (Wildman–Crippen MR) is 77.3 cm³/mol. The highest BCUT2D eigenvalue weighted by atomic mass is 19.1. The molecule has 3 aromatic rings. The van der Waals surface area contributed by atoms with Crippen LogP contribution in [-0.4, -0.2) is 15.2 Å². The molecule has 2 aromatic carbocycles. The van der Waals surface area contributed by atoms with E-state index in [1.165, 1.54) is 23.3 Å². The Morgan fingerprint density at radius 1 is 1.09 bits per heavy atom. The summed E-state index contributed by atoms with van der Waals surface area (Å²) in [4.78, 5) is 4.25. The van der Waals surface area contributed by atoms with Crippen molar-refractivity contribution < 1.29 is 14.0 Å².